The molecule has 1 amide bonds. The lowest BCUT2D eigenvalue weighted by Crippen LogP contribution is -2.50. The predicted molar refractivity (Wildman–Crippen MR) is 269 cm³/mol. The highest BCUT2D eigenvalue weighted by molar-refractivity contribution is 7.50. The number of nitrogens with one attached hydrogen (secondary N) is 2. The molecule has 6 rings (SSSR count). The van der Waals surface area contributed by atoms with E-state index >= 15 is 0 Å². The number of amides is 1. The van der Waals surface area contributed by atoms with Gasteiger partial charge in [0, 0.05) is 30.6 Å². The Morgan fingerprint density at radius 1 is 0.912 bits per heavy atom. The number of imidazole rings is 1. The highest BCUT2D eigenvalue weighted by Gasteiger charge is 2.54. The average Bonchev–Trinajstić information content (AvgIpc) is 3.87. The molecule has 1 saturated heterocycles. The molecule has 1 aliphatic heterocycles. The highest BCUT2D eigenvalue weighted by Crippen LogP contribution is 2.52. The molecule has 0 bridgehead atoms. The van der Waals surface area contributed by atoms with Crippen LogP contribution in [0.2, 0.25) is 18.1 Å². The van der Waals surface area contributed by atoms with E-state index in [4.69, 9.17) is 32.9 Å². The molecule has 0 aliphatic carbocycles. The fourth-order valence-corrected chi connectivity index (χ4v) is 12.0. The Morgan fingerprint density at radius 2 is 1.49 bits per heavy atom. The number of benzene rings is 3. The number of rotatable bonds is 21. The first kappa shape index (κ1) is 52.4. The van der Waals surface area contributed by atoms with E-state index in [0.29, 0.717) is 30.5 Å². The molecule has 17 heteroatoms. The number of hydrogen-bond donors (Lipinski definition) is 2. The van der Waals surface area contributed by atoms with Gasteiger partial charge in [-0.25, -0.2) is 4.98 Å². The van der Waals surface area contributed by atoms with Gasteiger partial charge in [-0.15, -0.1) is 0 Å². The van der Waals surface area contributed by atoms with E-state index in [-0.39, 0.29) is 52.7 Å². The molecule has 1 fully saturated rings. The molecule has 0 saturated carbocycles. The number of nitrogens with zero attached hydrogens (tertiary/aromatic N) is 5. The first-order valence-corrected chi connectivity index (χ1v) is 27.8. The van der Waals surface area contributed by atoms with Crippen molar-refractivity contribution in [3.05, 3.63) is 112 Å². The zero-order chi connectivity index (χ0) is 49.6. The van der Waals surface area contributed by atoms with Crippen molar-refractivity contribution in [1.82, 2.24) is 24.2 Å². The molecule has 0 radical (unpaired) electrons. The third-order valence-electron chi connectivity index (χ3n) is 12.8. The molecule has 2 N–H and O–H groups in total. The second-order valence-corrected chi connectivity index (χ2v) is 26.2. The van der Waals surface area contributed by atoms with E-state index in [1.807, 2.05) is 66.7 Å². The summed E-state index contributed by atoms with van der Waals surface area (Å²) in [6, 6.07) is 28.4. The van der Waals surface area contributed by atoms with Gasteiger partial charge in [0.25, 0.3) is 5.56 Å². The van der Waals surface area contributed by atoms with Gasteiger partial charge in [0.05, 0.1) is 33.2 Å². The Bertz CT molecular complexity index is 2480. The number of nitriles is 1. The minimum atomic E-state index is -2.66. The quantitative estimate of drug-likeness (QED) is 0.0309. The largest absolute Gasteiger partial charge is 0.497 e. The van der Waals surface area contributed by atoms with Gasteiger partial charge >= 0.3 is 0 Å². The van der Waals surface area contributed by atoms with Gasteiger partial charge in [-0.05, 0) is 93.2 Å². The lowest BCUT2D eigenvalue weighted by atomic mass is 9.80. The van der Waals surface area contributed by atoms with Crippen LogP contribution in [0.3, 0.4) is 0 Å². The number of ether oxygens (including phenoxy) is 4. The summed E-state index contributed by atoms with van der Waals surface area (Å²) in [5, 5.41) is 12.2. The Labute approximate surface area is 403 Å². The van der Waals surface area contributed by atoms with Crippen LogP contribution >= 0.6 is 8.30 Å². The molecular formula is C51H70N7O8PSi. The second kappa shape index (κ2) is 22.2. The highest BCUT2D eigenvalue weighted by atomic mass is 31.2. The monoisotopic (exact) mass is 967 g/mol. The fourth-order valence-electron chi connectivity index (χ4n) is 8.32. The molecule has 366 valence electrons. The number of anilines is 1. The molecule has 2 aromatic heterocycles. The molecular weight excluding hydrogens is 898 g/mol. The number of fused-ring (bicyclic) bond motifs is 1. The average molecular weight is 968 g/mol. The fraction of sp³-hybridized carbons (Fsp3) is 0.510. The molecule has 3 aromatic carbocycles. The number of hydrogen-bond acceptors (Lipinski definition) is 12. The summed E-state index contributed by atoms with van der Waals surface area (Å²) in [4.78, 5) is 38.6. The van der Waals surface area contributed by atoms with Gasteiger partial charge in [-0.3, -0.25) is 29.1 Å². The molecule has 15 nitrogen and oxygen atoms in total. The molecule has 0 spiro atoms. The molecule has 1 aliphatic rings. The van der Waals surface area contributed by atoms with Crippen molar-refractivity contribution >= 4 is 39.6 Å². The maximum absolute atomic E-state index is 13.6. The van der Waals surface area contributed by atoms with Crippen LogP contribution < -0.4 is 20.3 Å². The minimum Gasteiger partial charge on any atom is -0.497 e. The number of aromatic nitrogens is 4. The number of unbranched alkanes of at least 4 members (excludes halogenated alkanes) is 1. The lowest BCUT2D eigenvalue weighted by molar-refractivity contribution is -0.118. The van der Waals surface area contributed by atoms with E-state index < -0.39 is 52.3 Å². The molecule has 5 aromatic rings. The zero-order valence-electron chi connectivity index (χ0n) is 41.9. The van der Waals surface area contributed by atoms with Crippen molar-refractivity contribution in [2.75, 3.05) is 32.3 Å². The lowest BCUT2D eigenvalue weighted by Gasteiger charge is -2.43. The predicted octanol–water partition coefficient (Wildman–Crippen LogP) is 10.1. The Morgan fingerprint density at radius 3 is 2.00 bits per heavy atom. The first-order chi connectivity index (χ1) is 32.3. The summed E-state index contributed by atoms with van der Waals surface area (Å²) in [5.41, 5.74) is 1.14. The van der Waals surface area contributed by atoms with Crippen molar-refractivity contribution in [3.63, 3.8) is 0 Å². The van der Waals surface area contributed by atoms with Crippen LogP contribution in [0.5, 0.6) is 11.5 Å². The first-order valence-electron chi connectivity index (χ1n) is 23.4. The van der Waals surface area contributed by atoms with Crippen LogP contribution in [0, 0.1) is 17.2 Å². The summed E-state index contributed by atoms with van der Waals surface area (Å²) in [5.74, 6) is 0.720. The number of carbonyl (C=O) groups excluding carboxylic acids is 1. The van der Waals surface area contributed by atoms with Crippen molar-refractivity contribution < 1.29 is 32.7 Å². The van der Waals surface area contributed by atoms with Crippen LogP contribution in [0.25, 0.3) is 11.2 Å². The topological polar surface area (TPSA) is 175 Å². The molecule has 3 heterocycles. The number of carbonyl (C=O) groups is 1. The third-order valence-corrected chi connectivity index (χ3v) is 19.9. The third kappa shape index (κ3) is 11.4. The maximum atomic E-state index is 13.6. The van der Waals surface area contributed by atoms with E-state index in [9.17, 15) is 14.9 Å². The maximum Gasteiger partial charge on any atom is 0.280 e. The van der Waals surface area contributed by atoms with Gasteiger partial charge in [-0.1, -0.05) is 89.2 Å². The molecule has 68 heavy (non-hydrogen) atoms. The minimum absolute atomic E-state index is 0.00649. The number of H-pyrrole nitrogens is 1. The van der Waals surface area contributed by atoms with Gasteiger partial charge in [0.1, 0.15) is 43.7 Å². The normalized spacial score (nSPS) is 18.4. The Kier molecular flexibility index (Phi) is 17.1. The SMILES string of the molecule is COc1ccc(C(OC[C@H]2O[C@@H](n3cnc4c(=O)[nH]c(NC(=O)C(C)C)nc43)[C@@H](O[Si](C)(C)C(C)(C)C)[C@H]2OP(CCCC#N)N(C(C)C)C(C)C)(c2ccccc2)c2ccc(OC)cc2)cc1. The van der Waals surface area contributed by atoms with Crippen molar-refractivity contribution in [2.24, 2.45) is 5.92 Å². The zero-order valence-corrected chi connectivity index (χ0v) is 43.8. The standard InChI is InChI=1S/C51H70N7O8PSi/c1-33(2)46(59)55-49-54-45-42(47(60)56-49)53-32-57(45)48-44(66-68(12,13)50(7,8)9)43(65-67(30-18-17-29-52)58(34(3)4)35(5)6)41(64-48)31-63-51(36-19-15-14-16-20-36,37-21-25-39(61-10)26-22-37)38-23-27-40(62-11)28-24-38/h14-16,19-28,32-35,41,43-44,48H,17-18,30-31H2,1-13H3,(H2,54,55,56,59,60)/t41-,43+,44+,48-,67?/m1/s1. The smallest absolute Gasteiger partial charge is 0.280 e. The number of methoxy groups -OCH3 is 2. The van der Waals surface area contributed by atoms with Crippen LogP contribution in [-0.4, -0.2) is 95.8 Å². The Balaban J connectivity index is 1.59. The van der Waals surface area contributed by atoms with E-state index in [2.05, 4.69) is 99.7 Å². The number of aromatic amines is 1. The molecule has 5 atom stereocenters. The van der Waals surface area contributed by atoms with Gasteiger partial charge in [0.2, 0.25) is 11.9 Å². The summed E-state index contributed by atoms with van der Waals surface area (Å²) in [6.07, 6.45) is -0.0272. The van der Waals surface area contributed by atoms with Crippen LogP contribution in [0.1, 0.15) is 98.1 Å². The summed E-state index contributed by atoms with van der Waals surface area (Å²) >= 11 is 0. The van der Waals surface area contributed by atoms with Gasteiger partial charge in [-0.2, -0.15) is 10.2 Å². The van der Waals surface area contributed by atoms with Gasteiger partial charge in [0.15, 0.2) is 25.7 Å². The van der Waals surface area contributed by atoms with Crippen molar-refractivity contribution in [3.8, 4) is 17.6 Å². The van der Waals surface area contributed by atoms with Crippen molar-refractivity contribution in [1.29, 1.82) is 5.26 Å². The van der Waals surface area contributed by atoms with E-state index in [1.54, 1.807) is 39.0 Å². The van der Waals surface area contributed by atoms with Crippen LogP contribution in [0.4, 0.5) is 5.95 Å². The van der Waals surface area contributed by atoms with Crippen LogP contribution in [0.15, 0.2) is 90.0 Å². The van der Waals surface area contributed by atoms with E-state index in [0.717, 1.165) is 16.7 Å². The summed E-state index contributed by atoms with van der Waals surface area (Å²) in [7, 11) is -0.736. The van der Waals surface area contributed by atoms with Crippen molar-refractivity contribution in [2.45, 2.75) is 136 Å². The Hall–Kier alpha value is -4.98. The molecule has 1 unspecified atom stereocenters. The van der Waals surface area contributed by atoms with Crippen LogP contribution in [-0.2, 0) is 28.8 Å². The summed E-state index contributed by atoms with van der Waals surface area (Å²) < 4.78 is 45.4. The summed E-state index contributed by atoms with van der Waals surface area (Å²) in [6.45, 7) is 23.1. The van der Waals surface area contributed by atoms with Gasteiger partial charge < -0.3 is 27.9 Å². The van der Waals surface area contributed by atoms with E-state index in [1.165, 1.54) is 0 Å². The second-order valence-electron chi connectivity index (χ2n) is 19.6.